The zero-order valence-electron chi connectivity index (χ0n) is 11.0. The number of hydrogen-bond acceptors (Lipinski definition) is 3. The number of hydrogen-bond donors (Lipinski definition) is 1. The molecule has 2 aromatic rings. The van der Waals surface area contributed by atoms with Crippen molar-refractivity contribution in [1.82, 2.24) is 5.32 Å². The maximum absolute atomic E-state index is 12.3. The van der Waals surface area contributed by atoms with Gasteiger partial charge >= 0.3 is 0 Å². The number of carbonyl (C=O) groups is 1. The number of nitrogens with one attached hydrogen (secondary N) is 1. The van der Waals surface area contributed by atoms with Crippen LogP contribution in [0.25, 0.3) is 0 Å². The normalized spacial score (nSPS) is 17.2. The lowest BCUT2D eigenvalue weighted by Crippen LogP contribution is -2.32. The van der Waals surface area contributed by atoms with Crippen LogP contribution in [0, 0.1) is 5.92 Å². The maximum atomic E-state index is 12.3. The molecule has 1 saturated carbocycles. The molecule has 1 amide bonds. The smallest absolute Gasteiger partial charge is 0.256 e. The number of thiophene rings is 1. The zero-order valence-corrected chi connectivity index (χ0v) is 12.5. The number of amides is 1. The highest BCUT2D eigenvalue weighted by Gasteiger charge is 2.29. The van der Waals surface area contributed by atoms with Gasteiger partial charge in [-0.3, -0.25) is 4.79 Å². The van der Waals surface area contributed by atoms with Crippen molar-refractivity contribution >= 4 is 28.8 Å². The van der Waals surface area contributed by atoms with E-state index in [-0.39, 0.29) is 17.2 Å². The van der Waals surface area contributed by atoms with Crippen LogP contribution in [0.2, 0.25) is 5.22 Å². The van der Waals surface area contributed by atoms with Gasteiger partial charge in [-0.1, -0.05) is 18.9 Å². The van der Waals surface area contributed by atoms with E-state index in [0.717, 1.165) is 0 Å². The van der Waals surface area contributed by atoms with Crippen LogP contribution in [0.3, 0.4) is 0 Å². The van der Waals surface area contributed by atoms with Crippen LogP contribution in [0.4, 0.5) is 0 Å². The number of furan rings is 1. The molecule has 0 aromatic carbocycles. The van der Waals surface area contributed by atoms with Crippen molar-refractivity contribution in [3.63, 3.8) is 0 Å². The molecule has 0 aliphatic heterocycles. The molecule has 1 fully saturated rings. The third-order valence-corrected chi connectivity index (χ3v) is 5.12. The average molecular weight is 310 g/mol. The molecule has 2 aromatic heterocycles. The van der Waals surface area contributed by atoms with Gasteiger partial charge in [-0.15, -0.1) is 11.3 Å². The minimum atomic E-state index is -0.158. The van der Waals surface area contributed by atoms with E-state index in [4.69, 9.17) is 16.0 Å². The van der Waals surface area contributed by atoms with Gasteiger partial charge in [-0.05, 0) is 47.9 Å². The first-order valence-electron chi connectivity index (χ1n) is 6.83. The molecule has 1 aliphatic rings. The third kappa shape index (κ3) is 2.76. The van der Waals surface area contributed by atoms with Gasteiger partial charge in [0, 0.05) is 4.88 Å². The van der Waals surface area contributed by atoms with Gasteiger partial charge in [-0.25, -0.2) is 0 Å². The van der Waals surface area contributed by atoms with E-state index >= 15 is 0 Å². The maximum Gasteiger partial charge on any atom is 0.256 e. The quantitative estimate of drug-likeness (QED) is 0.892. The standard InChI is InChI=1S/C15H16ClNO2S/c16-14-11(7-8-19-14)15(18)17-13(10-4-1-2-5-10)12-6-3-9-20-12/h3,6-10,13H,1-2,4-5H2,(H,17,18). The van der Waals surface area contributed by atoms with Gasteiger partial charge < -0.3 is 9.73 Å². The highest BCUT2D eigenvalue weighted by Crippen LogP contribution is 2.37. The Kier molecular flexibility index (Phi) is 4.13. The topological polar surface area (TPSA) is 42.2 Å². The van der Waals surface area contributed by atoms with Gasteiger partial charge in [0.15, 0.2) is 0 Å². The third-order valence-electron chi connectivity index (χ3n) is 3.87. The molecule has 2 heterocycles. The van der Waals surface area contributed by atoms with E-state index in [1.165, 1.54) is 36.8 Å². The van der Waals surface area contributed by atoms with Crippen molar-refractivity contribution in [3.8, 4) is 0 Å². The second-order valence-corrected chi connectivity index (χ2v) is 6.44. The van der Waals surface area contributed by atoms with Crippen molar-refractivity contribution in [2.24, 2.45) is 5.92 Å². The predicted molar refractivity (Wildman–Crippen MR) is 80.2 cm³/mol. The Labute approximate surface area is 126 Å². The van der Waals surface area contributed by atoms with Gasteiger partial charge in [0.05, 0.1) is 17.9 Å². The lowest BCUT2D eigenvalue weighted by molar-refractivity contribution is 0.0922. The van der Waals surface area contributed by atoms with Crippen molar-refractivity contribution in [2.75, 3.05) is 0 Å². The minimum absolute atomic E-state index is 0.0796. The van der Waals surface area contributed by atoms with Gasteiger partial charge in [0.1, 0.15) is 0 Å². The first-order valence-corrected chi connectivity index (χ1v) is 8.08. The molecule has 1 N–H and O–H groups in total. The molecule has 20 heavy (non-hydrogen) atoms. The van der Waals surface area contributed by atoms with E-state index in [1.807, 2.05) is 11.4 Å². The monoisotopic (exact) mass is 309 g/mol. The van der Waals surface area contributed by atoms with Crippen LogP contribution in [0.15, 0.2) is 34.3 Å². The van der Waals surface area contributed by atoms with Crippen LogP contribution in [-0.2, 0) is 0 Å². The van der Waals surface area contributed by atoms with E-state index in [1.54, 1.807) is 17.4 Å². The second kappa shape index (κ2) is 6.02. The Hall–Kier alpha value is -1.26. The molecule has 1 unspecified atom stereocenters. The van der Waals surface area contributed by atoms with Crippen molar-refractivity contribution < 1.29 is 9.21 Å². The van der Waals surface area contributed by atoms with E-state index in [0.29, 0.717) is 11.5 Å². The number of rotatable bonds is 4. The lowest BCUT2D eigenvalue weighted by atomic mass is 9.96. The Morgan fingerprint density at radius 2 is 2.20 bits per heavy atom. The van der Waals surface area contributed by atoms with E-state index in [2.05, 4.69) is 11.4 Å². The largest absolute Gasteiger partial charge is 0.452 e. The molecule has 3 rings (SSSR count). The first-order chi connectivity index (χ1) is 9.75. The SMILES string of the molecule is O=C(NC(c1cccs1)C1CCCC1)c1ccoc1Cl. The Bertz CT molecular complexity index is 572. The molecule has 5 heteroatoms. The van der Waals surface area contributed by atoms with Gasteiger partial charge in [0.2, 0.25) is 5.22 Å². The van der Waals surface area contributed by atoms with Crippen molar-refractivity contribution in [2.45, 2.75) is 31.7 Å². The fraction of sp³-hybridized carbons (Fsp3) is 0.400. The fourth-order valence-corrected chi connectivity index (χ4v) is 3.92. The summed E-state index contributed by atoms with van der Waals surface area (Å²) >= 11 is 7.57. The summed E-state index contributed by atoms with van der Waals surface area (Å²) in [7, 11) is 0. The van der Waals surface area contributed by atoms with Crippen molar-refractivity contribution in [3.05, 3.63) is 45.5 Å². The van der Waals surface area contributed by atoms with Crippen LogP contribution < -0.4 is 5.32 Å². The number of carbonyl (C=O) groups excluding carboxylic acids is 1. The second-order valence-electron chi connectivity index (χ2n) is 5.12. The molecule has 1 aliphatic carbocycles. The van der Waals surface area contributed by atoms with Crippen LogP contribution in [0.1, 0.15) is 47.0 Å². The summed E-state index contributed by atoms with van der Waals surface area (Å²) in [5, 5.41) is 5.33. The summed E-state index contributed by atoms with van der Waals surface area (Å²) in [6.07, 6.45) is 6.26. The Morgan fingerprint density at radius 3 is 2.80 bits per heavy atom. The van der Waals surface area contributed by atoms with Gasteiger partial charge in [-0.2, -0.15) is 0 Å². The first kappa shape index (κ1) is 13.7. The molecule has 1 atom stereocenters. The average Bonchev–Trinajstić information content (AvgIpc) is 3.18. The molecular weight excluding hydrogens is 294 g/mol. The Morgan fingerprint density at radius 1 is 1.40 bits per heavy atom. The molecule has 0 saturated heterocycles. The molecule has 0 bridgehead atoms. The summed E-state index contributed by atoms with van der Waals surface area (Å²) in [5.74, 6) is 0.359. The summed E-state index contributed by atoms with van der Waals surface area (Å²) in [6.45, 7) is 0. The van der Waals surface area contributed by atoms with Crippen LogP contribution in [0.5, 0.6) is 0 Å². The van der Waals surface area contributed by atoms with Crippen LogP contribution >= 0.6 is 22.9 Å². The predicted octanol–water partition coefficient (Wildman–Crippen LogP) is 4.66. The summed E-state index contributed by atoms with van der Waals surface area (Å²) in [6, 6.07) is 5.80. The summed E-state index contributed by atoms with van der Waals surface area (Å²) < 4.78 is 4.99. The lowest BCUT2D eigenvalue weighted by Gasteiger charge is -2.23. The summed E-state index contributed by atoms with van der Waals surface area (Å²) in [4.78, 5) is 13.6. The number of halogens is 1. The van der Waals surface area contributed by atoms with Crippen molar-refractivity contribution in [1.29, 1.82) is 0 Å². The van der Waals surface area contributed by atoms with Gasteiger partial charge in [0.25, 0.3) is 5.91 Å². The zero-order chi connectivity index (χ0) is 13.9. The van der Waals surface area contributed by atoms with E-state index < -0.39 is 0 Å². The molecule has 0 spiro atoms. The summed E-state index contributed by atoms with van der Waals surface area (Å²) in [5.41, 5.74) is 0.409. The minimum Gasteiger partial charge on any atom is -0.452 e. The Balaban J connectivity index is 1.80. The fourth-order valence-electron chi connectivity index (χ4n) is 2.85. The molecule has 0 radical (unpaired) electrons. The van der Waals surface area contributed by atoms with E-state index in [9.17, 15) is 4.79 Å². The molecular formula is C15H16ClNO2S. The highest BCUT2D eigenvalue weighted by molar-refractivity contribution is 7.10. The molecule has 3 nitrogen and oxygen atoms in total. The molecule has 106 valence electrons. The van der Waals surface area contributed by atoms with Crippen LogP contribution in [-0.4, -0.2) is 5.91 Å². The highest BCUT2D eigenvalue weighted by atomic mass is 35.5.